The second kappa shape index (κ2) is 5.61. The van der Waals surface area contributed by atoms with E-state index in [9.17, 15) is 9.59 Å². The van der Waals surface area contributed by atoms with Gasteiger partial charge in [-0.25, -0.2) is 0 Å². The Morgan fingerprint density at radius 3 is 2.88 bits per heavy atom. The Labute approximate surface area is 111 Å². The molecule has 0 radical (unpaired) electrons. The van der Waals surface area contributed by atoms with Crippen LogP contribution in [0, 0.1) is 0 Å². The van der Waals surface area contributed by atoms with Crippen LogP contribution in [0.15, 0.2) is 15.9 Å². The number of ether oxygens (including phenoxy) is 1. The molecule has 2 heterocycles. The van der Waals surface area contributed by atoms with Crippen LogP contribution in [0.2, 0.25) is 0 Å². The zero-order valence-corrected chi connectivity index (χ0v) is 11.3. The fraction of sp³-hybridized carbons (Fsp3) is 0.400. The highest BCUT2D eigenvalue weighted by Crippen LogP contribution is 2.22. The lowest BCUT2D eigenvalue weighted by Gasteiger charge is -2.10. The van der Waals surface area contributed by atoms with E-state index in [0.717, 1.165) is 6.42 Å². The number of rotatable bonds is 2. The van der Waals surface area contributed by atoms with Crippen molar-refractivity contribution in [3.05, 3.63) is 20.8 Å². The van der Waals surface area contributed by atoms with Crippen molar-refractivity contribution in [2.45, 2.75) is 18.9 Å². The number of halogens is 1. The summed E-state index contributed by atoms with van der Waals surface area (Å²) in [5.74, 6) is -0.637. The Morgan fingerprint density at radius 1 is 1.47 bits per heavy atom. The van der Waals surface area contributed by atoms with Gasteiger partial charge in [-0.05, 0) is 40.2 Å². The molecule has 0 aromatic carbocycles. The summed E-state index contributed by atoms with van der Waals surface area (Å²) < 4.78 is 5.91. The minimum atomic E-state index is -0.443. The van der Waals surface area contributed by atoms with Crippen LogP contribution in [-0.2, 0) is 9.53 Å². The van der Waals surface area contributed by atoms with E-state index >= 15 is 0 Å². The molecule has 0 saturated carbocycles. The highest BCUT2D eigenvalue weighted by Gasteiger charge is 2.24. The maximum Gasteiger partial charge on any atom is 0.280 e. The van der Waals surface area contributed by atoms with E-state index in [-0.39, 0.29) is 11.8 Å². The van der Waals surface area contributed by atoms with Crippen LogP contribution >= 0.6 is 27.3 Å². The zero-order valence-electron chi connectivity index (χ0n) is 8.86. The molecule has 17 heavy (non-hydrogen) atoms. The Kier molecular flexibility index (Phi) is 4.14. The molecule has 1 aromatic heterocycles. The van der Waals surface area contributed by atoms with Crippen molar-refractivity contribution in [2.24, 2.45) is 0 Å². The third-order valence-electron chi connectivity index (χ3n) is 2.34. The van der Waals surface area contributed by atoms with Crippen molar-refractivity contribution < 1.29 is 14.3 Å². The first-order valence-electron chi connectivity index (χ1n) is 5.13. The topological polar surface area (TPSA) is 67.4 Å². The van der Waals surface area contributed by atoms with Gasteiger partial charge in [-0.2, -0.15) is 0 Å². The van der Waals surface area contributed by atoms with Gasteiger partial charge in [0.15, 0.2) is 0 Å². The van der Waals surface area contributed by atoms with Crippen LogP contribution in [-0.4, -0.2) is 24.5 Å². The summed E-state index contributed by atoms with van der Waals surface area (Å²) in [7, 11) is 0. The summed E-state index contributed by atoms with van der Waals surface area (Å²) in [6.45, 7) is 0.600. The molecule has 7 heteroatoms. The fourth-order valence-electron chi connectivity index (χ4n) is 1.50. The molecule has 1 aromatic rings. The molecule has 0 bridgehead atoms. The molecule has 1 unspecified atom stereocenters. The average Bonchev–Trinajstić information content (AvgIpc) is 2.95. The van der Waals surface area contributed by atoms with E-state index in [1.165, 1.54) is 11.3 Å². The zero-order chi connectivity index (χ0) is 12.3. The van der Waals surface area contributed by atoms with Gasteiger partial charge >= 0.3 is 0 Å². The van der Waals surface area contributed by atoms with E-state index in [2.05, 4.69) is 26.8 Å². The number of amides is 2. The Bertz CT molecular complexity index is 429. The molecule has 0 aliphatic carbocycles. The summed E-state index contributed by atoms with van der Waals surface area (Å²) in [5.41, 5.74) is 4.73. The molecule has 92 valence electrons. The van der Waals surface area contributed by atoms with Crippen molar-refractivity contribution in [1.82, 2.24) is 10.9 Å². The fourth-order valence-corrected chi connectivity index (χ4v) is 2.94. The second-order valence-corrected chi connectivity index (χ2v) is 5.31. The van der Waals surface area contributed by atoms with E-state index < -0.39 is 6.10 Å². The molecule has 1 aliphatic heterocycles. The monoisotopic (exact) mass is 318 g/mol. The van der Waals surface area contributed by atoms with Crippen molar-refractivity contribution in [3.8, 4) is 0 Å². The summed E-state index contributed by atoms with van der Waals surface area (Å²) in [4.78, 5) is 23.7. The number of thiophene rings is 1. The molecule has 2 rings (SSSR count). The number of nitrogens with one attached hydrogen (secondary N) is 2. The van der Waals surface area contributed by atoms with Gasteiger partial charge in [0.25, 0.3) is 11.8 Å². The van der Waals surface area contributed by atoms with Crippen molar-refractivity contribution in [1.29, 1.82) is 0 Å². The van der Waals surface area contributed by atoms with Crippen LogP contribution in [0.1, 0.15) is 22.5 Å². The molecule has 1 atom stereocenters. The molecule has 1 fully saturated rings. The van der Waals surface area contributed by atoms with Crippen LogP contribution in [0.4, 0.5) is 0 Å². The summed E-state index contributed by atoms with van der Waals surface area (Å²) in [6, 6.07) is 1.78. The van der Waals surface area contributed by atoms with Crippen LogP contribution in [0.5, 0.6) is 0 Å². The first kappa shape index (κ1) is 12.5. The number of hydrazine groups is 1. The average molecular weight is 319 g/mol. The predicted octanol–water partition coefficient (Wildman–Crippen LogP) is 1.45. The summed E-state index contributed by atoms with van der Waals surface area (Å²) in [5, 5.41) is 1.79. The van der Waals surface area contributed by atoms with Gasteiger partial charge < -0.3 is 4.74 Å². The molecule has 0 spiro atoms. The molecule has 1 saturated heterocycles. The molecular weight excluding hydrogens is 308 g/mol. The third-order valence-corrected chi connectivity index (χ3v) is 4.18. The van der Waals surface area contributed by atoms with E-state index in [1.54, 1.807) is 11.4 Å². The number of carbonyl (C=O) groups excluding carboxylic acids is 2. The quantitative estimate of drug-likeness (QED) is 0.811. The number of carbonyl (C=O) groups is 2. The third kappa shape index (κ3) is 3.05. The Hall–Kier alpha value is -0.920. The van der Waals surface area contributed by atoms with Crippen molar-refractivity contribution in [3.63, 3.8) is 0 Å². The standard InChI is InChI=1S/C10H11BrN2O3S/c11-6-3-5-17-8(6)10(15)13-12-9(14)7-2-1-4-16-7/h3,5,7H,1-2,4H2,(H,12,14)(H,13,15). The van der Waals surface area contributed by atoms with Gasteiger partial charge in [-0.1, -0.05) is 0 Å². The SMILES string of the molecule is O=C(NNC(=O)C1CCCO1)c1sccc1Br. The predicted molar refractivity (Wildman–Crippen MR) is 66.6 cm³/mol. The maximum absolute atomic E-state index is 11.7. The van der Waals surface area contributed by atoms with Gasteiger partial charge in [-0.15, -0.1) is 11.3 Å². The van der Waals surface area contributed by atoms with E-state index in [0.29, 0.717) is 22.4 Å². The molecule has 5 nitrogen and oxygen atoms in total. The smallest absolute Gasteiger partial charge is 0.280 e. The minimum Gasteiger partial charge on any atom is -0.368 e. The summed E-state index contributed by atoms with van der Waals surface area (Å²) in [6.07, 6.45) is 1.13. The lowest BCUT2D eigenvalue weighted by Crippen LogP contribution is -2.46. The highest BCUT2D eigenvalue weighted by molar-refractivity contribution is 9.10. The Balaban J connectivity index is 1.84. The number of hydrogen-bond donors (Lipinski definition) is 2. The molecular formula is C10H11BrN2O3S. The lowest BCUT2D eigenvalue weighted by atomic mass is 10.2. The van der Waals surface area contributed by atoms with Gasteiger partial charge in [0.05, 0.1) is 0 Å². The largest absolute Gasteiger partial charge is 0.368 e. The molecule has 2 amide bonds. The van der Waals surface area contributed by atoms with Crippen molar-refractivity contribution in [2.75, 3.05) is 6.61 Å². The highest BCUT2D eigenvalue weighted by atomic mass is 79.9. The lowest BCUT2D eigenvalue weighted by molar-refractivity contribution is -0.130. The van der Waals surface area contributed by atoms with Crippen LogP contribution < -0.4 is 10.9 Å². The first-order chi connectivity index (χ1) is 8.18. The van der Waals surface area contributed by atoms with Crippen LogP contribution in [0.25, 0.3) is 0 Å². The van der Waals surface area contributed by atoms with Gasteiger partial charge in [-0.3, -0.25) is 20.4 Å². The van der Waals surface area contributed by atoms with Gasteiger partial charge in [0, 0.05) is 11.1 Å². The van der Waals surface area contributed by atoms with Crippen LogP contribution in [0.3, 0.4) is 0 Å². The van der Waals surface area contributed by atoms with Crippen molar-refractivity contribution >= 4 is 39.1 Å². The van der Waals surface area contributed by atoms with E-state index in [1.807, 2.05) is 0 Å². The Morgan fingerprint density at radius 2 is 2.29 bits per heavy atom. The molecule has 2 N–H and O–H groups in total. The first-order valence-corrected chi connectivity index (χ1v) is 6.80. The van der Waals surface area contributed by atoms with Gasteiger partial charge in [0.2, 0.25) is 0 Å². The maximum atomic E-state index is 11.7. The van der Waals surface area contributed by atoms with E-state index in [4.69, 9.17) is 4.74 Å². The summed E-state index contributed by atoms with van der Waals surface area (Å²) >= 11 is 4.55. The number of hydrogen-bond acceptors (Lipinski definition) is 4. The molecule has 1 aliphatic rings. The minimum absolute atomic E-state index is 0.302. The van der Waals surface area contributed by atoms with Gasteiger partial charge in [0.1, 0.15) is 11.0 Å². The normalized spacial score (nSPS) is 19.0. The second-order valence-electron chi connectivity index (χ2n) is 3.54.